The van der Waals surface area contributed by atoms with Gasteiger partial charge >= 0.3 is 5.69 Å². The zero-order valence-corrected chi connectivity index (χ0v) is 24.1. The monoisotopic (exact) mass is 614 g/mol. The summed E-state index contributed by atoms with van der Waals surface area (Å²) < 4.78 is 56.9. The number of piperazine rings is 1. The second-order valence-corrected chi connectivity index (χ2v) is 11.8. The molecule has 10 nitrogen and oxygen atoms in total. The van der Waals surface area contributed by atoms with Gasteiger partial charge in [0.05, 0.1) is 21.9 Å². The van der Waals surface area contributed by atoms with Crippen LogP contribution in [0.3, 0.4) is 0 Å². The highest BCUT2D eigenvalue weighted by Gasteiger charge is 2.31. The molecule has 1 aliphatic rings. The largest absolute Gasteiger partial charge is 0.354 e. The van der Waals surface area contributed by atoms with Gasteiger partial charge in [0, 0.05) is 48.4 Å². The first-order valence-electron chi connectivity index (χ1n) is 12.7. The van der Waals surface area contributed by atoms with Gasteiger partial charge in [0.2, 0.25) is 15.9 Å². The van der Waals surface area contributed by atoms with Gasteiger partial charge < -0.3 is 9.80 Å². The molecule has 42 heavy (non-hydrogen) atoms. The zero-order chi connectivity index (χ0) is 30.5. The number of benzene rings is 2. The number of aryl methyl sites for hydroxylation is 1. The number of fused-ring (bicyclic) bond motifs is 1. The Labute approximate surface area is 244 Å². The van der Waals surface area contributed by atoms with E-state index in [1.54, 1.807) is 9.80 Å². The molecule has 0 radical (unpaired) electrons. The summed E-state index contributed by atoms with van der Waals surface area (Å²) >= 11 is 6.27. The first-order valence-corrected chi connectivity index (χ1v) is 14.6. The minimum atomic E-state index is -4.37. The number of halogens is 3. The van der Waals surface area contributed by atoms with Crippen molar-refractivity contribution in [2.75, 3.05) is 24.5 Å². The second kappa shape index (κ2) is 10.9. The van der Waals surface area contributed by atoms with Crippen molar-refractivity contribution in [1.29, 1.82) is 0 Å². The highest BCUT2D eigenvalue weighted by molar-refractivity contribution is 7.89. The Hall–Kier alpha value is -4.20. The van der Waals surface area contributed by atoms with Crippen LogP contribution in [0.2, 0.25) is 5.02 Å². The van der Waals surface area contributed by atoms with E-state index in [0.717, 1.165) is 22.8 Å². The van der Waals surface area contributed by atoms with Crippen molar-refractivity contribution in [3.8, 4) is 16.8 Å². The highest BCUT2D eigenvalue weighted by Crippen LogP contribution is 2.38. The average molecular weight is 615 g/mol. The maximum atomic E-state index is 15.9. The van der Waals surface area contributed by atoms with E-state index in [-0.39, 0.29) is 75.8 Å². The van der Waals surface area contributed by atoms with Gasteiger partial charge in [0.15, 0.2) is 0 Å². The van der Waals surface area contributed by atoms with E-state index in [9.17, 15) is 22.4 Å². The summed E-state index contributed by atoms with van der Waals surface area (Å²) in [7, 11) is -4.37. The number of hydrogen-bond donors (Lipinski definition) is 1. The van der Waals surface area contributed by atoms with Crippen molar-refractivity contribution in [2.24, 2.45) is 5.14 Å². The predicted octanol–water partition coefficient (Wildman–Crippen LogP) is 3.56. The van der Waals surface area contributed by atoms with Crippen LogP contribution in [0.4, 0.5) is 14.6 Å². The van der Waals surface area contributed by atoms with E-state index in [0.29, 0.717) is 0 Å². The molecule has 1 fully saturated rings. The second-order valence-electron chi connectivity index (χ2n) is 9.82. The van der Waals surface area contributed by atoms with Crippen molar-refractivity contribution in [3.63, 3.8) is 0 Å². The van der Waals surface area contributed by atoms with Gasteiger partial charge in [-0.1, -0.05) is 24.2 Å². The van der Waals surface area contributed by atoms with E-state index in [2.05, 4.69) is 16.5 Å². The number of anilines is 1. The number of nitrogens with two attached hydrogens (primary N) is 1. The van der Waals surface area contributed by atoms with Crippen LogP contribution in [-0.4, -0.2) is 59.4 Å². The number of rotatable bonds is 5. The summed E-state index contributed by atoms with van der Waals surface area (Å²) in [6, 6.07) is 6.99. The maximum Gasteiger partial charge on any atom is 0.354 e. The zero-order valence-electron chi connectivity index (χ0n) is 22.5. The number of hydrogen-bond acceptors (Lipinski definition) is 7. The number of carbonyl (C=O) groups excluding carboxylic acids is 1. The summed E-state index contributed by atoms with van der Waals surface area (Å²) in [5, 5.41) is 5.54. The lowest BCUT2D eigenvalue weighted by molar-refractivity contribution is -0.126. The molecular weight excluding hydrogens is 590 g/mol. The SMILES string of the molecule is C=CC(=O)N1CCN(c2nc(=O)n(-c3c(S(N)(=O)=O)ccnc3C)c3cc(-c4c(F)cccc4Cl)c(F)cc23)[C@@H](C)C1. The molecule has 4 aromatic rings. The van der Waals surface area contributed by atoms with Crippen LogP contribution in [-0.2, 0) is 14.8 Å². The highest BCUT2D eigenvalue weighted by atomic mass is 35.5. The minimum Gasteiger partial charge on any atom is -0.350 e. The fourth-order valence-electron chi connectivity index (χ4n) is 5.25. The number of nitrogens with zero attached hydrogens (tertiary/aromatic N) is 5. The predicted molar refractivity (Wildman–Crippen MR) is 155 cm³/mol. The summed E-state index contributed by atoms with van der Waals surface area (Å²) in [6.07, 6.45) is 2.44. The molecule has 3 heterocycles. The van der Waals surface area contributed by atoms with E-state index in [1.165, 1.54) is 37.4 Å². The molecule has 14 heteroatoms. The summed E-state index contributed by atoms with van der Waals surface area (Å²) in [4.78, 5) is 37.4. The molecule has 218 valence electrons. The Morgan fingerprint density at radius 1 is 1.19 bits per heavy atom. The minimum absolute atomic E-state index is 0.0125. The molecule has 5 rings (SSSR count). The van der Waals surface area contributed by atoms with Gasteiger partial charge in [0.1, 0.15) is 22.3 Å². The van der Waals surface area contributed by atoms with Crippen LogP contribution in [0, 0.1) is 18.6 Å². The Bertz CT molecular complexity index is 1930. The number of aromatic nitrogens is 3. The van der Waals surface area contributed by atoms with Crippen LogP contribution in [0.25, 0.3) is 27.7 Å². The number of sulfonamides is 1. The first kappa shape index (κ1) is 29.3. The van der Waals surface area contributed by atoms with Crippen molar-refractivity contribution >= 4 is 44.3 Å². The third kappa shape index (κ3) is 5.03. The van der Waals surface area contributed by atoms with Crippen LogP contribution < -0.4 is 15.7 Å². The fourth-order valence-corrected chi connectivity index (χ4v) is 6.27. The first-order chi connectivity index (χ1) is 19.8. The molecule has 2 N–H and O–H groups in total. The van der Waals surface area contributed by atoms with Crippen LogP contribution >= 0.6 is 11.6 Å². The smallest absolute Gasteiger partial charge is 0.350 e. The van der Waals surface area contributed by atoms with Gasteiger partial charge in [0.25, 0.3) is 0 Å². The standard InChI is InChI=1S/C28H25ClF2N6O4S/c1-4-24(38)35-10-11-36(15(2)14-35)27-18-12-21(31)17(25-19(29)6-5-7-20(25)30)13-22(18)37(28(39)34-27)26-16(3)33-9-8-23(26)42(32,40)41/h4-9,12-13,15H,1,10-11,14H2,2-3H3,(H2,32,40,41)/t15-/m0/s1. The Morgan fingerprint density at radius 2 is 1.93 bits per heavy atom. The van der Waals surface area contributed by atoms with Crippen molar-refractivity contribution < 1.29 is 22.0 Å². The average Bonchev–Trinajstić information content (AvgIpc) is 2.92. The normalized spacial score (nSPS) is 15.7. The third-order valence-electron chi connectivity index (χ3n) is 7.18. The molecule has 0 bridgehead atoms. The van der Waals surface area contributed by atoms with Crippen molar-refractivity contribution in [1.82, 2.24) is 19.4 Å². The molecule has 2 aromatic carbocycles. The number of primary sulfonamides is 1. The van der Waals surface area contributed by atoms with Crippen molar-refractivity contribution in [2.45, 2.75) is 24.8 Å². The molecule has 0 unspecified atom stereocenters. The molecular formula is C28H25ClF2N6O4S. The van der Waals surface area contributed by atoms with Gasteiger partial charge in [-0.25, -0.2) is 27.1 Å². The van der Waals surface area contributed by atoms with E-state index in [1.807, 2.05) is 6.92 Å². The number of carbonyl (C=O) groups is 1. The number of pyridine rings is 1. The lowest BCUT2D eigenvalue weighted by atomic mass is 10.0. The molecule has 1 amide bonds. The topological polar surface area (TPSA) is 131 Å². The summed E-state index contributed by atoms with van der Waals surface area (Å²) in [5.41, 5.74) is -1.45. The molecule has 1 aliphatic heterocycles. The van der Waals surface area contributed by atoms with Crippen LogP contribution in [0.1, 0.15) is 12.6 Å². The van der Waals surface area contributed by atoms with Gasteiger partial charge in [-0.3, -0.25) is 14.3 Å². The lowest BCUT2D eigenvalue weighted by Crippen LogP contribution is -2.54. The van der Waals surface area contributed by atoms with Crippen molar-refractivity contribution in [3.05, 3.63) is 88.1 Å². The summed E-state index contributed by atoms with van der Waals surface area (Å²) in [6.45, 7) is 7.63. The molecule has 0 aliphatic carbocycles. The number of amides is 1. The summed E-state index contributed by atoms with van der Waals surface area (Å²) in [5.74, 6) is -1.81. The van der Waals surface area contributed by atoms with E-state index < -0.39 is 32.2 Å². The maximum absolute atomic E-state index is 15.9. The van der Waals surface area contributed by atoms with E-state index >= 15 is 4.39 Å². The molecule has 0 spiro atoms. The van der Waals surface area contributed by atoms with Gasteiger partial charge in [-0.2, -0.15) is 4.98 Å². The quantitative estimate of drug-likeness (QED) is 0.340. The Kier molecular flexibility index (Phi) is 7.60. The molecule has 1 atom stereocenters. The molecule has 0 saturated carbocycles. The van der Waals surface area contributed by atoms with Crippen LogP contribution in [0.5, 0.6) is 0 Å². The molecule has 1 saturated heterocycles. The van der Waals surface area contributed by atoms with Gasteiger partial charge in [-0.15, -0.1) is 0 Å². The molecule has 2 aromatic heterocycles. The van der Waals surface area contributed by atoms with Crippen LogP contribution in [0.15, 0.2) is 64.9 Å². The third-order valence-corrected chi connectivity index (χ3v) is 8.44. The van der Waals surface area contributed by atoms with E-state index in [4.69, 9.17) is 16.7 Å². The fraction of sp³-hybridized carbons (Fsp3) is 0.214. The lowest BCUT2D eigenvalue weighted by Gasteiger charge is -2.40. The van der Waals surface area contributed by atoms with Gasteiger partial charge in [-0.05, 0) is 50.3 Å². The Balaban J connectivity index is 1.86. The Morgan fingerprint density at radius 3 is 2.57 bits per heavy atom.